The molecule has 0 unspecified atom stereocenters. The lowest BCUT2D eigenvalue weighted by atomic mass is 10.1. The Morgan fingerprint density at radius 1 is 1.11 bits per heavy atom. The van der Waals surface area contributed by atoms with Crippen molar-refractivity contribution in [1.29, 1.82) is 0 Å². The van der Waals surface area contributed by atoms with E-state index in [0.29, 0.717) is 19.8 Å². The zero-order valence-corrected chi connectivity index (χ0v) is 11.9. The summed E-state index contributed by atoms with van der Waals surface area (Å²) in [5.74, 6) is -1.02. The molecule has 5 heteroatoms. The number of carbonyl (C=O) groups excluding carboxylic acids is 2. The van der Waals surface area contributed by atoms with Gasteiger partial charge in [-0.25, -0.2) is 0 Å². The van der Waals surface area contributed by atoms with Gasteiger partial charge in [-0.15, -0.1) is 0 Å². The third-order valence-electron chi connectivity index (χ3n) is 3.35. The molecule has 2 amide bonds. The first kappa shape index (κ1) is 16.0. The van der Waals surface area contributed by atoms with Crippen LogP contribution < -0.4 is 10.6 Å². The molecule has 0 atom stereocenters. The lowest BCUT2D eigenvalue weighted by molar-refractivity contribution is -0.139. The van der Waals surface area contributed by atoms with Gasteiger partial charge in [-0.05, 0) is 26.2 Å². The molecule has 0 aromatic carbocycles. The topological polar surface area (TPSA) is 67.4 Å². The Bertz CT molecular complexity index is 274. The van der Waals surface area contributed by atoms with Gasteiger partial charge in [0.15, 0.2) is 0 Å². The van der Waals surface area contributed by atoms with Gasteiger partial charge in [0.1, 0.15) is 0 Å². The molecule has 1 aliphatic carbocycles. The maximum Gasteiger partial charge on any atom is 0.309 e. The fraction of sp³-hybridized carbons (Fsp3) is 0.857. The molecule has 1 aliphatic rings. The minimum Gasteiger partial charge on any atom is -0.382 e. The fourth-order valence-corrected chi connectivity index (χ4v) is 2.28. The summed E-state index contributed by atoms with van der Waals surface area (Å²) in [6.45, 7) is 3.70. The first-order valence-corrected chi connectivity index (χ1v) is 7.40. The first-order valence-electron chi connectivity index (χ1n) is 7.40. The maximum atomic E-state index is 11.7. The largest absolute Gasteiger partial charge is 0.382 e. The molecule has 2 N–H and O–H groups in total. The van der Waals surface area contributed by atoms with Crippen LogP contribution in [-0.4, -0.2) is 37.6 Å². The summed E-state index contributed by atoms with van der Waals surface area (Å²) in [6, 6.07) is 0.171. The lowest BCUT2D eigenvalue weighted by Crippen LogP contribution is -2.44. The van der Waals surface area contributed by atoms with Gasteiger partial charge < -0.3 is 15.4 Å². The zero-order valence-electron chi connectivity index (χ0n) is 11.9. The highest BCUT2D eigenvalue weighted by atomic mass is 16.5. The van der Waals surface area contributed by atoms with E-state index in [4.69, 9.17) is 4.74 Å². The SMILES string of the molecule is CCOCCCNC(=O)C(=O)NC1CCCCCC1. The highest BCUT2D eigenvalue weighted by Crippen LogP contribution is 2.16. The Morgan fingerprint density at radius 2 is 1.79 bits per heavy atom. The minimum atomic E-state index is -0.527. The second-order valence-electron chi connectivity index (χ2n) is 4.97. The van der Waals surface area contributed by atoms with E-state index in [1.54, 1.807) is 0 Å². The molecule has 0 heterocycles. The normalized spacial score (nSPS) is 16.7. The third-order valence-corrected chi connectivity index (χ3v) is 3.35. The van der Waals surface area contributed by atoms with E-state index >= 15 is 0 Å². The molecule has 19 heavy (non-hydrogen) atoms. The van der Waals surface area contributed by atoms with Gasteiger partial charge in [0.05, 0.1) is 0 Å². The number of ether oxygens (including phenoxy) is 1. The Labute approximate surface area is 115 Å². The Morgan fingerprint density at radius 3 is 2.42 bits per heavy atom. The molecule has 0 spiro atoms. The molecule has 1 rings (SSSR count). The van der Waals surface area contributed by atoms with Crippen molar-refractivity contribution in [3.05, 3.63) is 0 Å². The molecule has 1 saturated carbocycles. The smallest absolute Gasteiger partial charge is 0.309 e. The quantitative estimate of drug-likeness (QED) is 0.435. The van der Waals surface area contributed by atoms with Gasteiger partial charge in [0, 0.05) is 25.8 Å². The molecule has 1 fully saturated rings. The van der Waals surface area contributed by atoms with Crippen LogP contribution in [0.15, 0.2) is 0 Å². The predicted molar refractivity (Wildman–Crippen MR) is 73.8 cm³/mol. The number of nitrogens with one attached hydrogen (secondary N) is 2. The average Bonchev–Trinajstić information content (AvgIpc) is 2.67. The van der Waals surface area contributed by atoms with Gasteiger partial charge >= 0.3 is 11.8 Å². The van der Waals surface area contributed by atoms with Crippen LogP contribution in [0.3, 0.4) is 0 Å². The van der Waals surface area contributed by atoms with Crippen LogP contribution in [0.4, 0.5) is 0 Å². The summed E-state index contributed by atoms with van der Waals surface area (Å²) < 4.78 is 5.16. The van der Waals surface area contributed by atoms with Crippen LogP contribution in [0.2, 0.25) is 0 Å². The molecule has 0 saturated heterocycles. The zero-order chi connectivity index (χ0) is 13.9. The molecular weight excluding hydrogens is 244 g/mol. The van der Waals surface area contributed by atoms with Crippen molar-refractivity contribution >= 4 is 11.8 Å². The molecule has 0 radical (unpaired) electrons. The fourth-order valence-electron chi connectivity index (χ4n) is 2.28. The minimum absolute atomic E-state index is 0.171. The van der Waals surface area contributed by atoms with Crippen molar-refractivity contribution in [2.75, 3.05) is 19.8 Å². The Hall–Kier alpha value is -1.10. The van der Waals surface area contributed by atoms with Crippen molar-refractivity contribution in [2.24, 2.45) is 0 Å². The van der Waals surface area contributed by atoms with Gasteiger partial charge in [-0.1, -0.05) is 25.7 Å². The van der Waals surface area contributed by atoms with E-state index < -0.39 is 11.8 Å². The second kappa shape index (κ2) is 9.78. The van der Waals surface area contributed by atoms with E-state index in [2.05, 4.69) is 10.6 Å². The van der Waals surface area contributed by atoms with Crippen LogP contribution in [0.1, 0.15) is 51.9 Å². The van der Waals surface area contributed by atoms with Crippen molar-refractivity contribution in [2.45, 2.75) is 57.9 Å². The van der Waals surface area contributed by atoms with Gasteiger partial charge in [-0.3, -0.25) is 9.59 Å². The van der Waals surface area contributed by atoms with Crippen molar-refractivity contribution in [3.63, 3.8) is 0 Å². The molecule has 0 aliphatic heterocycles. The van der Waals surface area contributed by atoms with E-state index in [9.17, 15) is 9.59 Å². The maximum absolute atomic E-state index is 11.7. The number of hydrogen-bond donors (Lipinski definition) is 2. The summed E-state index contributed by atoms with van der Waals surface area (Å²) in [5.41, 5.74) is 0. The van der Waals surface area contributed by atoms with Gasteiger partial charge in [0.25, 0.3) is 0 Å². The molecule has 0 aromatic heterocycles. The monoisotopic (exact) mass is 270 g/mol. The predicted octanol–water partition coefficient (Wildman–Crippen LogP) is 1.37. The van der Waals surface area contributed by atoms with Crippen LogP contribution in [0.5, 0.6) is 0 Å². The number of hydrogen-bond acceptors (Lipinski definition) is 3. The van der Waals surface area contributed by atoms with E-state index in [0.717, 1.165) is 32.1 Å². The van der Waals surface area contributed by atoms with Crippen LogP contribution in [-0.2, 0) is 14.3 Å². The average molecular weight is 270 g/mol. The summed E-state index contributed by atoms with van der Waals surface area (Å²) in [5, 5.41) is 5.44. The molecule has 0 bridgehead atoms. The van der Waals surface area contributed by atoms with Crippen molar-refractivity contribution < 1.29 is 14.3 Å². The van der Waals surface area contributed by atoms with Crippen LogP contribution in [0.25, 0.3) is 0 Å². The van der Waals surface area contributed by atoms with Gasteiger partial charge in [-0.2, -0.15) is 0 Å². The molecule has 5 nitrogen and oxygen atoms in total. The molecular formula is C14H26N2O3. The second-order valence-corrected chi connectivity index (χ2v) is 4.97. The Kier molecular flexibility index (Phi) is 8.21. The number of rotatable bonds is 6. The standard InChI is InChI=1S/C14H26N2O3/c1-2-19-11-7-10-15-13(17)14(18)16-12-8-5-3-4-6-9-12/h12H,2-11H2,1H3,(H,15,17)(H,16,18). The van der Waals surface area contributed by atoms with E-state index in [1.807, 2.05) is 6.92 Å². The Balaban J connectivity index is 2.14. The van der Waals surface area contributed by atoms with Crippen LogP contribution in [0, 0.1) is 0 Å². The summed E-state index contributed by atoms with van der Waals surface area (Å²) in [4.78, 5) is 23.3. The van der Waals surface area contributed by atoms with E-state index in [-0.39, 0.29) is 6.04 Å². The first-order chi connectivity index (χ1) is 9.24. The third kappa shape index (κ3) is 7.15. The van der Waals surface area contributed by atoms with Crippen molar-refractivity contribution in [3.8, 4) is 0 Å². The molecule has 0 aromatic rings. The number of carbonyl (C=O) groups is 2. The summed E-state index contributed by atoms with van der Waals surface area (Å²) in [6.07, 6.45) is 7.46. The van der Waals surface area contributed by atoms with Crippen LogP contribution >= 0.6 is 0 Å². The summed E-state index contributed by atoms with van der Waals surface area (Å²) >= 11 is 0. The van der Waals surface area contributed by atoms with Gasteiger partial charge in [0.2, 0.25) is 0 Å². The van der Waals surface area contributed by atoms with E-state index in [1.165, 1.54) is 12.8 Å². The summed E-state index contributed by atoms with van der Waals surface area (Å²) in [7, 11) is 0. The van der Waals surface area contributed by atoms with Crippen molar-refractivity contribution in [1.82, 2.24) is 10.6 Å². The highest BCUT2D eigenvalue weighted by Gasteiger charge is 2.19. The lowest BCUT2D eigenvalue weighted by Gasteiger charge is -2.15. The molecule has 110 valence electrons. The highest BCUT2D eigenvalue weighted by molar-refractivity contribution is 6.35. The number of amides is 2.